The Kier molecular flexibility index (Phi) is 4.22. The van der Waals surface area contributed by atoms with Crippen molar-refractivity contribution in [2.24, 2.45) is 5.73 Å². The average Bonchev–Trinajstić information content (AvgIpc) is 2.83. The number of nitrogens with zero attached hydrogens (tertiary/aromatic N) is 2. The van der Waals surface area contributed by atoms with E-state index in [0.717, 1.165) is 36.6 Å². The van der Waals surface area contributed by atoms with Gasteiger partial charge in [-0.3, -0.25) is 4.90 Å². The Bertz CT molecular complexity index is 540. The number of aryl methyl sites for hydroxylation is 1. The fourth-order valence-electron chi connectivity index (χ4n) is 2.45. The van der Waals surface area contributed by atoms with Gasteiger partial charge in [0.2, 0.25) is 0 Å². The van der Waals surface area contributed by atoms with Crippen LogP contribution in [0.5, 0.6) is 0 Å². The summed E-state index contributed by atoms with van der Waals surface area (Å²) in [4.78, 5) is 6.91. The van der Waals surface area contributed by atoms with Crippen LogP contribution >= 0.6 is 23.7 Å². The first-order chi connectivity index (χ1) is 8.20. The predicted octanol–water partition coefficient (Wildman–Crippen LogP) is 2.56. The maximum atomic E-state index is 5.92. The molecule has 1 aromatic carbocycles. The highest BCUT2D eigenvalue weighted by Crippen LogP contribution is 2.23. The summed E-state index contributed by atoms with van der Waals surface area (Å²) in [6.07, 6.45) is 1.13. The van der Waals surface area contributed by atoms with E-state index < -0.39 is 0 Å². The van der Waals surface area contributed by atoms with E-state index in [-0.39, 0.29) is 12.4 Å². The molecule has 0 saturated carbocycles. The average molecular weight is 284 g/mol. The van der Waals surface area contributed by atoms with Gasteiger partial charge in [0.15, 0.2) is 0 Å². The molecule has 2 heterocycles. The molecule has 1 atom stereocenters. The molecule has 1 saturated heterocycles. The Labute approximate surface area is 117 Å². The van der Waals surface area contributed by atoms with Gasteiger partial charge in [0.25, 0.3) is 0 Å². The summed E-state index contributed by atoms with van der Waals surface area (Å²) >= 11 is 1.77. The molecular formula is C13H18ClN3S. The predicted molar refractivity (Wildman–Crippen MR) is 79.5 cm³/mol. The smallest absolute Gasteiger partial charge is 0.0907 e. The summed E-state index contributed by atoms with van der Waals surface area (Å²) < 4.78 is 1.29. The number of likely N-dealkylation sites (tertiary alicyclic amines) is 1. The summed E-state index contributed by atoms with van der Waals surface area (Å²) in [6, 6.07) is 6.95. The zero-order chi connectivity index (χ0) is 11.8. The van der Waals surface area contributed by atoms with Crippen LogP contribution in [0, 0.1) is 6.92 Å². The summed E-state index contributed by atoms with van der Waals surface area (Å²) in [5.41, 5.74) is 8.41. The van der Waals surface area contributed by atoms with Gasteiger partial charge in [-0.1, -0.05) is 6.07 Å². The van der Waals surface area contributed by atoms with Crippen LogP contribution in [0.4, 0.5) is 0 Å². The highest BCUT2D eigenvalue weighted by molar-refractivity contribution is 7.18. The monoisotopic (exact) mass is 283 g/mol. The molecule has 18 heavy (non-hydrogen) atoms. The van der Waals surface area contributed by atoms with Crippen molar-refractivity contribution < 1.29 is 0 Å². The van der Waals surface area contributed by atoms with E-state index in [0.29, 0.717) is 6.04 Å². The van der Waals surface area contributed by atoms with Crippen LogP contribution in [0.2, 0.25) is 0 Å². The highest BCUT2D eigenvalue weighted by Gasteiger charge is 2.18. The molecule has 1 aliphatic heterocycles. The van der Waals surface area contributed by atoms with Crippen molar-refractivity contribution in [2.75, 3.05) is 13.1 Å². The van der Waals surface area contributed by atoms with Gasteiger partial charge in [-0.05, 0) is 31.0 Å². The number of hydrogen-bond acceptors (Lipinski definition) is 4. The van der Waals surface area contributed by atoms with Crippen molar-refractivity contribution >= 4 is 34.0 Å². The molecule has 2 N–H and O–H groups in total. The number of benzene rings is 1. The van der Waals surface area contributed by atoms with Gasteiger partial charge in [-0.25, -0.2) is 4.98 Å². The highest BCUT2D eigenvalue weighted by atomic mass is 35.5. The topological polar surface area (TPSA) is 42.2 Å². The van der Waals surface area contributed by atoms with Crippen molar-refractivity contribution in [3.63, 3.8) is 0 Å². The fraction of sp³-hybridized carbons (Fsp3) is 0.462. The van der Waals surface area contributed by atoms with Crippen molar-refractivity contribution in [1.82, 2.24) is 9.88 Å². The molecule has 3 nitrogen and oxygen atoms in total. The van der Waals surface area contributed by atoms with E-state index in [9.17, 15) is 0 Å². The molecule has 1 unspecified atom stereocenters. The third kappa shape index (κ3) is 2.83. The number of nitrogens with two attached hydrogens (primary N) is 1. The summed E-state index contributed by atoms with van der Waals surface area (Å²) in [5.74, 6) is 0. The number of fused-ring (bicyclic) bond motifs is 1. The summed E-state index contributed by atoms with van der Waals surface area (Å²) in [5, 5.41) is 1.14. The molecule has 2 aromatic rings. The van der Waals surface area contributed by atoms with Gasteiger partial charge < -0.3 is 5.73 Å². The Morgan fingerprint density at radius 1 is 1.50 bits per heavy atom. The second kappa shape index (κ2) is 5.53. The SMILES string of the molecule is Cc1nc2ccc(CN3CCC(N)C3)cc2s1.Cl. The van der Waals surface area contributed by atoms with E-state index in [4.69, 9.17) is 5.73 Å². The van der Waals surface area contributed by atoms with Gasteiger partial charge in [0.05, 0.1) is 15.2 Å². The molecule has 5 heteroatoms. The van der Waals surface area contributed by atoms with Gasteiger partial charge in [0, 0.05) is 25.7 Å². The van der Waals surface area contributed by atoms with Crippen LogP contribution in [0.1, 0.15) is 17.0 Å². The number of halogens is 1. The number of thiazole rings is 1. The molecule has 1 aliphatic rings. The minimum atomic E-state index is 0. The second-order valence-electron chi connectivity index (χ2n) is 4.82. The van der Waals surface area contributed by atoms with Crippen LogP contribution in [-0.4, -0.2) is 29.0 Å². The minimum Gasteiger partial charge on any atom is -0.326 e. The zero-order valence-electron chi connectivity index (χ0n) is 10.4. The first kappa shape index (κ1) is 13.7. The summed E-state index contributed by atoms with van der Waals surface area (Å²) in [7, 11) is 0. The van der Waals surface area contributed by atoms with Crippen molar-refractivity contribution in [3.8, 4) is 0 Å². The van der Waals surface area contributed by atoms with E-state index >= 15 is 0 Å². The standard InChI is InChI=1S/C13H17N3S.ClH/c1-9-15-12-3-2-10(6-13(12)17-9)7-16-5-4-11(14)8-16;/h2-3,6,11H,4-5,7-8,14H2,1H3;1H. The molecule has 0 bridgehead atoms. The van der Waals surface area contributed by atoms with Gasteiger partial charge in [-0.15, -0.1) is 23.7 Å². The molecule has 0 aliphatic carbocycles. The maximum Gasteiger partial charge on any atom is 0.0907 e. The molecule has 1 fully saturated rings. The Balaban J connectivity index is 0.00000120. The molecule has 1 aromatic heterocycles. The van der Waals surface area contributed by atoms with E-state index in [1.54, 1.807) is 11.3 Å². The van der Waals surface area contributed by atoms with E-state index in [1.807, 2.05) is 0 Å². The normalized spacial score (nSPS) is 20.2. The van der Waals surface area contributed by atoms with Crippen LogP contribution in [0.3, 0.4) is 0 Å². The molecule has 98 valence electrons. The summed E-state index contributed by atoms with van der Waals surface area (Å²) in [6.45, 7) is 5.23. The van der Waals surface area contributed by atoms with E-state index in [1.165, 1.54) is 10.3 Å². The van der Waals surface area contributed by atoms with Crippen LogP contribution in [0.25, 0.3) is 10.2 Å². The Hall–Kier alpha value is -0.680. The molecular weight excluding hydrogens is 266 g/mol. The van der Waals surface area contributed by atoms with Crippen molar-refractivity contribution in [3.05, 3.63) is 28.8 Å². The number of hydrogen-bond donors (Lipinski definition) is 1. The minimum absolute atomic E-state index is 0. The largest absolute Gasteiger partial charge is 0.326 e. The molecule has 0 amide bonds. The number of aromatic nitrogens is 1. The van der Waals surface area contributed by atoms with Gasteiger partial charge >= 0.3 is 0 Å². The van der Waals surface area contributed by atoms with Crippen LogP contribution < -0.4 is 5.73 Å². The van der Waals surface area contributed by atoms with Crippen molar-refractivity contribution in [1.29, 1.82) is 0 Å². The Morgan fingerprint density at radius 3 is 3.06 bits per heavy atom. The van der Waals surface area contributed by atoms with Crippen LogP contribution in [-0.2, 0) is 6.54 Å². The molecule has 0 spiro atoms. The lowest BCUT2D eigenvalue weighted by Crippen LogP contribution is -2.26. The van der Waals surface area contributed by atoms with E-state index in [2.05, 4.69) is 35.0 Å². The zero-order valence-corrected chi connectivity index (χ0v) is 12.1. The van der Waals surface area contributed by atoms with Crippen LogP contribution in [0.15, 0.2) is 18.2 Å². The first-order valence-corrected chi connectivity index (χ1v) is 6.86. The lowest BCUT2D eigenvalue weighted by Gasteiger charge is -2.14. The molecule has 3 rings (SSSR count). The lowest BCUT2D eigenvalue weighted by atomic mass is 10.2. The van der Waals surface area contributed by atoms with Gasteiger partial charge in [-0.2, -0.15) is 0 Å². The van der Waals surface area contributed by atoms with Crippen molar-refractivity contribution in [2.45, 2.75) is 25.9 Å². The third-order valence-electron chi connectivity index (χ3n) is 3.27. The number of rotatable bonds is 2. The fourth-order valence-corrected chi connectivity index (χ4v) is 3.34. The maximum absolute atomic E-state index is 5.92. The van der Waals surface area contributed by atoms with Gasteiger partial charge in [0.1, 0.15) is 0 Å². The molecule has 0 radical (unpaired) electrons. The second-order valence-corrected chi connectivity index (χ2v) is 6.05. The Morgan fingerprint density at radius 2 is 2.33 bits per heavy atom. The first-order valence-electron chi connectivity index (χ1n) is 6.05. The third-order valence-corrected chi connectivity index (χ3v) is 4.21. The quantitative estimate of drug-likeness (QED) is 0.921. The lowest BCUT2D eigenvalue weighted by molar-refractivity contribution is 0.327.